The topological polar surface area (TPSA) is 58.6 Å². The van der Waals surface area contributed by atoms with Crippen LogP contribution in [0.3, 0.4) is 0 Å². The zero-order chi connectivity index (χ0) is 23.2. The van der Waals surface area contributed by atoms with E-state index in [0.29, 0.717) is 27.2 Å². The molecular weight excluding hydrogens is 487 g/mol. The lowest BCUT2D eigenvalue weighted by Crippen LogP contribution is -2.54. The highest BCUT2D eigenvalue weighted by Gasteiger charge is 2.31. The number of rotatable bonds is 8. The van der Waals surface area contributed by atoms with Crippen molar-refractivity contribution in [2.75, 3.05) is 6.61 Å². The molecule has 0 unspecified atom stereocenters. The molecule has 0 heterocycles. The van der Waals surface area contributed by atoms with Gasteiger partial charge in [-0.25, -0.2) is 4.39 Å². The third-order valence-electron chi connectivity index (χ3n) is 4.40. The highest BCUT2D eigenvalue weighted by Crippen LogP contribution is 2.28. The Balaban J connectivity index is 2.24. The Kier molecular flexibility index (Phi) is 8.89. The zero-order valence-corrected chi connectivity index (χ0v) is 20.4. The molecular formula is C23H27BrClFN2O3. The maximum atomic E-state index is 13.3. The number of hydrogen-bond acceptors (Lipinski definition) is 3. The first-order valence-electron chi connectivity index (χ1n) is 9.94. The van der Waals surface area contributed by atoms with Crippen LogP contribution in [0.15, 0.2) is 46.9 Å². The fourth-order valence-electron chi connectivity index (χ4n) is 2.97. The maximum absolute atomic E-state index is 13.3. The summed E-state index contributed by atoms with van der Waals surface area (Å²) in [5.74, 6) is -0.512. The first-order valence-corrected chi connectivity index (χ1v) is 11.1. The van der Waals surface area contributed by atoms with E-state index < -0.39 is 11.6 Å². The van der Waals surface area contributed by atoms with Crippen molar-refractivity contribution in [1.82, 2.24) is 10.2 Å². The molecule has 8 heteroatoms. The largest absolute Gasteiger partial charge is 0.483 e. The number of carbonyl (C=O) groups excluding carboxylic acids is 2. The fraction of sp³-hybridized carbons (Fsp3) is 0.391. The Morgan fingerprint density at radius 3 is 2.39 bits per heavy atom. The Labute approximate surface area is 196 Å². The minimum absolute atomic E-state index is 0.153. The van der Waals surface area contributed by atoms with Gasteiger partial charge in [-0.2, -0.15) is 0 Å². The lowest BCUT2D eigenvalue weighted by molar-refractivity contribution is -0.143. The summed E-state index contributed by atoms with van der Waals surface area (Å²) in [6.07, 6.45) is 0.416. The molecule has 2 rings (SSSR count). The molecule has 0 radical (unpaired) electrons. The molecule has 1 N–H and O–H groups in total. The molecule has 0 saturated heterocycles. The van der Waals surface area contributed by atoms with E-state index in [0.717, 1.165) is 0 Å². The van der Waals surface area contributed by atoms with E-state index in [9.17, 15) is 14.0 Å². The van der Waals surface area contributed by atoms with Gasteiger partial charge in [0.1, 0.15) is 17.6 Å². The SMILES string of the molecule is CC[C@H](C(=O)NC(C)(C)C)N(Cc1ccc(F)cc1)C(=O)COc1ccc(Cl)cc1Br. The molecule has 0 aliphatic heterocycles. The average Bonchev–Trinajstić information content (AvgIpc) is 2.67. The third kappa shape index (κ3) is 7.82. The molecule has 0 saturated carbocycles. The van der Waals surface area contributed by atoms with Gasteiger partial charge in [0, 0.05) is 17.1 Å². The summed E-state index contributed by atoms with van der Waals surface area (Å²) in [6, 6.07) is 10.1. The lowest BCUT2D eigenvalue weighted by Gasteiger charge is -2.33. The normalized spacial score (nSPS) is 12.2. The Bertz CT molecular complexity index is 916. The molecule has 1 atom stereocenters. The van der Waals surface area contributed by atoms with Crippen molar-refractivity contribution in [3.63, 3.8) is 0 Å². The predicted molar refractivity (Wildman–Crippen MR) is 124 cm³/mol. The van der Waals surface area contributed by atoms with Gasteiger partial charge in [0.25, 0.3) is 5.91 Å². The zero-order valence-electron chi connectivity index (χ0n) is 18.0. The maximum Gasteiger partial charge on any atom is 0.261 e. The summed E-state index contributed by atoms with van der Waals surface area (Å²) in [7, 11) is 0. The number of amides is 2. The summed E-state index contributed by atoms with van der Waals surface area (Å²) in [5.41, 5.74) is 0.268. The number of ether oxygens (including phenoxy) is 1. The number of halogens is 3. The van der Waals surface area contributed by atoms with Crippen LogP contribution in [-0.4, -0.2) is 34.9 Å². The van der Waals surface area contributed by atoms with E-state index in [1.54, 1.807) is 30.3 Å². The van der Waals surface area contributed by atoms with Crippen molar-refractivity contribution in [2.24, 2.45) is 0 Å². The van der Waals surface area contributed by atoms with Gasteiger partial charge in [0.2, 0.25) is 5.91 Å². The second-order valence-corrected chi connectivity index (χ2v) is 9.47. The molecule has 0 aliphatic carbocycles. The number of benzene rings is 2. The number of hydrogen-bond donors (Lipinski definition) is 1. The highest BCUT2D eigenvalue weighted by molar-refractivity contribution is 9.10. The van der Waals surface area contributed by atoms with Crippen molar-refractivity contribution in [2.45, 2.75) is 52.2 Å². The summed E-state index contributed by atoms with van der Waals surface area (Å²) < 4.78 is 19.6. The smallest absolute Gasteiger partial charge is 0.261 e. The Morgan fingerprint density at radius 2 is 1.84 bits per heavy atom. The average molecular weight is 514 g/mol. The molecule has 31 heavy (non-hydrogen) atoms. The van der Waals surface area contributed by atoms with Gasteiger partial charge in [0.05, 0.1) is 4.47 Å². The van der Waals surface area contributed by atoms with Gasteiger partial charge in [0.15, 0.2) is 6.61 Å². The minimum Gasteiger partial charge on any atom is -0.483 e. The summed E-state index contributed by atoms with van der Waals surface area (Å²) >= 11 is 9.31. The van der Waals surface area contributed by atoms with Crippen LogP contribution in [0.1, 0.15) is 39.7 Å². The molecule has 2 aromatic rings. The molecule has 0 bridgehead atoms. The summed E-state index contributed by atoms with van der Waals surface area (Å²) in [5, 5.41) is 3.47. The van der Waals surface area contributed by atoms with E-state index in [-0.39, 0.29) is 30.8 Å². The Morgan fingerprint density at radius 1 is 1.19 bits per heavy atom. The van der Waals surface area contributed by atoms with E-state index in [1.807, 2.05) is 27.7 Å². The second kappa shape index (κ2) is 11.0. The quantitative estimate of drug-likeness (QED) is 0.518. The number of nitrogens with one attached hydrogen (secondary N) is 1. The summed E-state index contributed by atoms with van der Waals surface area (Å²) in [6.45, 7) is 7.37. The van der Waals surface area contributed by atoms with Crippen LogP contribution >= 0.6 is 27.5 Å². The standard InChI is InChI=1S/C23H27BrClFN2O3/c1-5-19(22(30)27-23(2,3)4)28(13-15-6-9-17(26)10-7-15)21(29)14-31-20-11-8-16(25)12-18(20)24/h6-12,19H,5,13-14H2,1-4H3,(H,27,30)/t19-/m1/s1. The molecule has 5 nitrogen and oxygen atoms in total. The molecule has 168 valence electrons. The Hall–Kier alpha value is -2.12. The number of carbonyl (C=O) groups is 2. The molecule has 0 spiro atoms. The van der Waals surface area contributed by atoms with Crippen LogP contribution in [0, 0.1) is 5.82 Å². The monoisotopic (exact) mass is 512 g/mol. The van der Waals surface area contributed by atoms with Crippen molar-refractivity contribution in [3.05, 3.63) is 63.3 Å². The predicted octanol–water partition coefficient (Wildman–Crippen LogP) is 5.34. The molecule has 0 aromatic heterocycles. The molecule has 0 fully saturated rings. The van der Waals surface area contributed by atoms with Crippen molar-refractivity contribution in [3.8, 4) is 5.75 Å². The summed E-state index contributed by atoms with van der Waals surface area (Å²) in [4.78, 5) is 27.5. The first-order chi connectivity index (χ1) is 14.5. The van der Waals surface area contributed by atoms with Gasteiger partial charge in [-0.05, 0) is 79.0 Å². The van der Waals surface area contributed by atoms with E-state index in [4.69, 9.17) is 16.3 Å². The van der Waals surface area contributed by atoms with Crippen LogP contribution in [-0.2, 0) is 16.1 Å². The van der Waals surface area contributed by atoms with Gasteiger partial charge in [-0.15, -0.1) is 0 Å². The fourth-order valence-corrected chi connectivity index (χ4v) is 3.77. The molecule has 2 amide bonds. The van der Waals surface area contributed by atoms with Gasteiger partial charge in [-0.1, -0.05) is 30.7 Å². The lowest BCUT2D eigenvalue weighted by atomic mass is 10.1. The van der Waals surface area contributed by atoms with E-state index in [1.165, 1.54) is 17.0 Å². The van der Waals surface area contributed by atoms with E-state index >= 15 is 0 Å². The van der Waals surface area contributed by atoms with Crippen LogP contribution in [0.5, 0.6) is 5.75 Å². The van der Waals surface area contributed by atoms with Crippen molar-refractivity contribution in [1.29, 1.82) is 0 Å². The molecule has 0 aliphatic rings. The molecule has 2 aromatic carbocycles. The van der Waals surface area contributed by atoms with Crippen LogP contribution in [0.4, 0.5) is 4.39 Å². The highest BCUT2D eigenvalue weighted by atomic mass is 79.9. The first kappa shape index (κ1) is 25.1. The van der Waals surface area contributed by atoms with Crippen molar-refractivity contribution >= 4 is 39.3 Å². The van der Waals surface area contributed by atoms with Crippen LogP contribution in [0.25, 0.3) is 0 Å². The minimum atomic E-state index is -0.700. The van der Waals surface area contributed by atoms with Gasteiger partial charge < -0.3 is 15.0 Å². The third-order valence-corrected chi connectivity index (χ3v) is 5.25. The van der Waals surface area contributed by atoms with Crippen LogP contribution < -0.4 is 10.1 Å². The van der Waals surface area contributed by atoms with Gasteiger partial charge in [-0.3, -0.25) is 9.59 Å². The van der Waals surface area contributed by atoms with E-state index in [2.05, 4.69) is 21.2 Å². The number of nitrogens with zero attached hydrogens (tertiary/aromatic N) is 1. The van der Waals surface area contributed by atoms with Crippen molar-refractivity contribution < 1.29 is 18.7 Å². The van der Waals surface area contributed by atoms with Gasteiger partial charge >= 0.3 is 0 Å². The second-order valence-electron chi connectivity index (χ2n) is 8.17. The van der Waals surface area contributed by atoms with Crippen LogP contribution in [0.2, 0.25) is 5.02 Å².